The van der Waals surface area contributed by atoms with Gasteiger partial charge in [-0.25, -0.2) is 4.79 Å². The minimum absolute atomic E-state index is 0.0237. The first-order chi connectivity index (χ1) is 12.3. The van der Waals surface area contributed by atoms with Crippen LogP contribution >= 0.6 is 11.6 Å². The van der Waals surface area contributed by atoms with Gasteiger partial charge < -0.3 is 20.9 Å². The number of hydrogen-bond donors (Lipinski definition) is 3. The number of hydrogen-bond acceptors (Lipinski definition) is 3. The number of carbonyl (C=O) groups excluding carboxylic acids is 3. The van der Waals surface area contributed by atoms with Gasteiger partial charge in [-0.15, -0.1) is 0 Å². The van der Waals surface area contributed by atoms with Crippen LogP contribution in [0, 0.1) is 12.8 Å². The van der Waals surface area contributed by atoms with Gasteiger partial charge in [0.05, 0.1) is 6.04 Å². The summed E-state index contributed by atoms with van der Waals surface area (Å²) in [6, 6.07) is 3.56. The minimum atomic E-state index is -0.514. The number of aryl methyl sites for hydroxylation is 1. The van der Waals surface area contributed by atoms with E-state index >= 15 is 0 Å². The molecule has 2 saturated heterocycles. The molecule has 2 aliphatic rings. The van der Waals surface area contributed by atoms with Gasteiger partial charge in [0, 0.05) is 17.3 Å². The number of nitrogens with zero attached hydrogens (tertiary/aromatic N) is 1. The van der Waals surface area contributed by atoms with Gasteiger partial charge in [-0.3, -0.25) is 9.59 Å². The number of rotatable bonds is 3. The van der Waals surface area contributed by atoms with Gasteiger partial charge in [0.25, 0.3) is 0 Å². The summed E-state index contributed by atoms with van der Waals surface area (Å²) in [6.07, 6.45) is 0.412. The smallest absolute Gasteiger partial charge is 0.319 e. The van der Waals surface area contributed by atoms with Gasteiger partial charge >= 0.3 is 6.03 Å². The second-order valence-corrected chi connectivity index (χ2v) is 7.66. The van der Waals surface area contributed by atoms with Crippen LogP contribution in [0.1, 0.15) is 25.8 Å². The van der Waals surface area contributed by atoms with Crippen LogP contribution < -0.4 is 16.0 Å². The van der Waals surface area contributed by atoms with E-state index in [0.29, 0.717) is 23.7 Å². The number of amides is 4. The number of benzene rings is 1. The zero-order valence-corrected chi connectivity index (χ0v) is 15.8. The third kappa shape index (κ3) is 3.62. The van der Waals surface area contributed by atoms with Crippen molar-refractivity contribution < 1.29 is 14.4 Å². The zero-order valence-electron chi connectivity index (χ0n) is 15.0. The average Bonchev–Trinajstić information content (AvgIpc) is 2.98. The summed E-state index contributed by atoms with van der Waals surface area (Å²) in [7, 11) is 0. The lowest BCUT2D eigenvalue weighted by atomic mass is 9.98. The van der Waals surface area contributed by atoms with Gasteiger partial charge in [0.1, 0.15) is 12.1 Å². The van der Waals surface area contributed by atoms with E-state index in [4.69, 9.17) is 11.6 Å². The third-order valence-corrected chi connectivity index (χ3v) is 5.12. The van der Waals surface area contributed by atoms with Crippen molar-refractivity contribution in [3.63, 3.8) is 0 Å². The molecule has 0 saturated carbocycles. The van der Waals surface area contributed by atoms with Gasteiger partial charge in [-0.2, -0.15) is 0 Å². The Morgan fingerprint density at radius 3 is 2.73 bits per heavy atom. The first-order valence-electron chi connectivity index (χ1n) is 8.70. The molecule has 8 heteroatoms. The third-order valence-electron chi connectivity index (χ3n) is 4.89. The summed E-state index contributed by atoms with van der Waals surface area (Å²) in [5.74, 6) is -0.208. The number of carbonyl (C=O) groups is 3. The Kier molecular flexibility index (Phi) is 5.09. The highest BCUT2D eigenvalue weighted by molar-refractivity contribution is 6.30. The highest BCUT2D eigenvalue weighted by atomic mass is 35.5. The van der Waals surface area contributed by atoms with Crippen LogP contribution in [-0.4, -0.2) is 47.4 Å². The molecule has 7 nitrogen and oxygen atoms in total. The number of halogens is 1. The molecule has 3 rings (SSSR count). The molecule has 0 bridgehead atoms. The van der Waals surface area contributed by atoms with E-state index in [-0.39, 0.29) is 29.8 Å². The quantitative estimate of drug-likeness (QED) is 0.750. The van der Waals surface area contributed by atoms with Crippen molar-refractivity contribution in [2.45, 2.75) is 45.3 Å². The molecule has 0 radical (unpaired) electrons. The van der Waals surface area contributed by atoms with E-state index in [1.54, 1.807) is 23.1 Å². The van der Waals surface area contributed by atoms with Crippen LogP contribution in [0.15, 0.2) is 18.2 Å². The molecule has 0 spiro atoms. The monoisotopic (exact) mass is 378 g/mol. The van der Waals surface area contributed by atoms with E-state index in [0.717, 1.165) is 5.56 Å². The summed E-state index contributed by atoms with van der Waals surface area (Å²) < 4.78 is 0. The van der Waals surface area contributed by atoms with Crippen LogP contribution in [0.5, 0.6) is 0 Å². The Bertz CT molecular complexity index is 752. The fourth-order valence-corrected chi connectivity index (χ4v) is 3.71. The van der Waals surface area contributed by atoms with Crippen molar-refractivity contribution in [2.75, 3.05) is 11.9 Å². The SMILES string of the molecule is Cc1cc(Cl)ccc1NC(=O)N[C@H]1C[C@H]2C(=O)N[C@H](C(C)C)C(=O)N2C1. The Hall–Kier alpha value is -2.28. The summed E-state index contributed by atoms with van der Waals surface area (Å²) in [5.41, 5.74) is 1.52. The number of anilines is 1. The van der Waals surface area contributed by atoms with E-state index < -0.39 is 12.1 Å². The predicted molar refractivity (Wildman–Crippen MR) is 99.0 cm³/mol. The van der Waals surface area contributed by atoms with Crippen LogP contribution in [0.4, 0.5) is 10.5 Å². The molecule has 3 atom stereocenters. The van der Waals surface area contributed by atoms with Crippen molar-refractivity contribution in [1.29, 1.82) is 0 Å². The van der Waals surface area contributed by atoms with Crippen molar-refractivity contribution in [1.82, 2.24) is 15.5 Å². The van der Waals surface area contributed by atoms with Crippen molar-refractivity contribution >= 4 is 35.1 Å². The zero-order chi connectivity index (χ0) is 19.0. The van der Waals surface area contributed by atoms with Crippen LogP contribution in [-0.2, 0) is 9.59 Å². The average molecular weight is 379 g/mol. The molecular weight excluding hydrogens is 356 g/mol. The normalized spacial score (nSPS) is 25.1. The predicted octanol–water partition coefficient (Wildman–Crippen LogP) is 1.89. The molecule has 2 fully saturated rings. The van der Waals surface area contributed by atoms with Gasteiger partial charge in [-0.05, 0) is 43.0 Å². The summed E-state index contributed by atoms with van der Waals surface area (Å²) in [5, 5.41) is 9.03. The fourth-order valence-electron chi connectivity index (χ4n) is 3.49. The molecular formula is C18H23ClN4O3. The van der Waals surface area contributed by atoms with Gasteiger partial charge in [0.15, 0.2) is 0 Å². The Morgan fingerprint density at radius 2 is 2.08 bits per heavy atom. The van der Waals surface area contributed by atoms with E-state index in [2.05, 4.69) is 16.0 Å². The van der Waals surface area contributed by atoms with Crippen LogP contribution in [0.25, 0.3) is 0 Å². The number of nitrogens with one attached hydrogen (secondary N) is 3. The second kappa shape index (κ2) is 7.15. The highest BCUT2D eigenvalue weighted by Crippen LogP contribution is 2.25. The summed E-state index contributed by atoms with van der Waals surface area (Å²) in [4.78, 5) is 38.7. The van der Waals surface area contributed by atoms with Crippen molar-refractivity contribution in [3.8, 4) is 0 Å². The van der Waals surface area contributed by atoms with Crippen molar-refractivity contribution in [3.05, 3.63) is 28.8 Å². The first kappa shape index (κ1) is 18.5. The molecule has 1 aromatic carbocycles. The van der Waals surface area contributed by atoms with E-state index in [9.17, 15) is 14.4 Å². The topological polar surface area (TPSA) is 90.5 Å². The lowest BCUT2D eigenvalue weighted by molar-refractivity contribution is -0.148. The Balaban J connectivity index is 1.63. The van der Waals surface area contributed by atoms with E-state index in [1.807, 2.05) is 20.8 Å². The summed E-state index contributed by atoms with van der Waals surface area (Å²) in [6.45, 7) is 5.99. The van der Waals surface area contributed by atoms with Crippen LogP contribution in [0.3, 0.4) is 0 Å². The molecule has 3 N–H and O–H groups in total. The maximum Gasteiger partial charge on any atom is 0.319 e. The Morgan fingerprint density at radius 1 is 1.35 bits per heavy atom. The molecule has 1 aromatic rings. The second-order valence-electron chi connectivity index (χ2n) is 7.23. The molecule has 2 heterocycles. The maximum atomic E-state index is 12.6. The largest absolute Gasteiger partial charge is 0.342 e. The van der Waals surface area contributed by atoms with Crippen LogP contribution in [0.2, 0.25) is 5.02 Å². The van der Waals surface area contributed by atoms with E-state index in [1.165, 1.54) is 0 Å². The number of piperazine rings is 1. The molecule has 2 aliphatic heterocycles. The highest BCUT2D eigenvalue weighted by Gasteiger charge is 2.47. The first-order valence-corrected chi connectivity index (χ1v) is 9.08. The lowest BCUT2D eigenvalue weighted by Crippen LogP contribution is -2.62. The Labute approximate surface area is 157 Å². The molecule has 4 amide bonds. The lowest BCUT2D eigenvalue weighted by Gasteiger charge is -2.36. The van der Waals surface area contributed by atoms with Gasteiger partial charge in [0.2, 0.25) is 11.8 Å². The molecule has 0 unspecified atom stereocenters. The fraction of sp³-hybridized carbons (Fsp3) is 0.500. The standard InChI is InChI=1S/C18H23ClN4O3/c1-9(2)15-17(25)23-8-12(7-14(23)16(24)22-15)20-18(26)21-13-5-4-11(19)6-10(13)3/h4-6,9,12,14-15H,7-8H2,1-3H3,(H,22,24)(H2,20,21,26)/t12-,14-,15+/m0/s1. The molecule has 26 heavy (non-hydrogen) atoms. The number of urea groups is 1. The van der Waals surface area contributed by atoms with Gasteiger partial charge in [-0.1, -0.05) is 25.4 Å². The molecule has 0 aromatic heterocycles. The number of fused-ring (bicyclic) bond motifs is 1. The van der Waals surface area contributed by atoms with Crippen molar-refractivity contribution in [2.24, 2.45) is 5.92 Å². The maximum absolute atomic E-state index is 12.6. The summed E-state index contributed by atoms with van der Waals surface area (Å²) >= 11 is 5.92. The molecule has 0 aliphatic carbocycles. The molecule has 140 valence electrons. The minimum Gasteiger partial charge on any atom is -0.342 e.